The SMILES string of the molecule is C=C(CP(=C)(OCC)OCC)OCC. The third kappa shape index (κ3) is 5.48. The van der Waals surface area contributed by atoms with Gasteiger partial charge in [-0.15, -0.1) is 0 Å². The van der Waals surface area contributed by atoms with Crippen LogP contribution in [-0.2, 0) is 13.8 Å². The Bertz CT molecular complexity index is 203. The van der Waals surface area contributed by atoms with Gasteiger partial charge < -0.3 is 13.8 Å². The Morgan fingerprint density at radius 1 is 1.07 bits per heavy atom. The van der Waals surface area contributed by atoms with Gasteiger partial charge in [-0.05, 0) is 20.8 Å². The lowest BCUT2D eigenvalue weighted by Crippen LogP contribution is -2.04. The maximum atomic E-state index is 5.52. The van der Waals surface area contributed by atoms with E-state index in [1.165, 1.54) is 0 Å². The highest BCUT2D eigenvalue weighted by Gasteiger charge is 2.16. The second-order valence-corrected chi connectivity index (χ2v) is 5.24. The van der Waals surface area contributed by atoms with E-state index in [1.807, 2.05) is 20.8 Å². The van der Waals surface area contributed by atoms with Crippen molar-refractivity contribution in [1.82, 2.24) is 0 Å². The summed E-state index contributed by atoms with van der Waals surface area (Å²) >= 11 is 0. The van der Waals surface area contributed by atoms with Crippen LogP contribution < -0.4 is 0 Å². The van der Waals surface area contributed by atoms with E-state index in [4.69, 9.17) is 13.8 Å². The van der Waals surface area contributed by atoms with Crippen LogP contribution in [0.5, 0.6) is 0 Å². The van der Waals surface area contributed by atoms with Crippen LogP contribution >= 0.6 is 7.34 Å². The minimum absolute atomic E-state index is 0.572. The quantitative estimate of drug-likeness (QED) is 0.465. The summed E-state index contributed by atoms with van der Waals surface area (Å²) in [4.78, 5) is 0. The molecular formula is C10H21O3P. The zero-order valence-electron chi connectivity index (χ0n) is 9.41. The molecule has 0 spiro atoms. The highest BCUT2D eigenvalue weighted by molar-refractivity contribution is 7.64. The van der Waals surface area contributed by atoms with Crippen LogP contribution in [0.25, 0.3) is 0 Å². The molecule has 0 saturated carbocycles. The van der Waals surface area contributed by atoms with E-state index in [0.717, 1.165) is 0 Å². The van der Waals surface area contributed by atoms with Gasteiger partial charge in [0.15, 0.2) is 0 Å². The van der Waals surface area contributed by atoms with Gasteiger partial charge in [0.1, 0.15) is 7.34 Å². The average Bonchev–Trinajstić information content (AvgIpc) is 2.04. The highest BCUT2D eigenvalue weighted by Crippen LogP contribution is 2.48. The molecule has 0 heterocycles. The Balaban J connectivity index is 4.21. The van der Waals surface area contributed by atoms with Crippen LogP contribution in [0, 0.1) is 0 Å². The maximum Gasteiger partial charge on any atom is 0.124 e. The second-order valence-electron chi connectivity index (χ2n) is 2.78. The predicted octanol–water partition coefficient (Wildman–Crippen LogP) is 2.89. The number of allylic oxidation sites excluding steroid dienone is 1. The van der Waals surface area contributed by atoms with Crippen LogP contribution in [0.2, 0.25) is 0 Å². The molecule has 3 nitrogen and oxygen atoms in total. The molecule has 0 unspecified atom stereocenters. The molecule has 0 aromatic heterocycles. The minimum Gasteiger partial charge on any atom is -0.498 e. The van der Waals surface area contributed by atoms with Crippen LogP contribution in [0.4, 0.5) is 0 Å². The summed E-state index contributed by atoms with van der Waals surface area (Å²) in [5, 5.41) is 0. The van der Waals surface area contributed by atoms with Crippen molar-refractivity contribution in [2.45, 2.75) is 20.8 Å². The topological polar surface area (TPSA) is 27.7 Å². The third-order valence-electron chi connectivity index (χ3n) is 1.49. The molecule has 84 valence electrons. The summed E-state index contributed by atoms with van der Waals surface area (Å²) in [5.74, 6) is 0.692. The Labute approximate surface area is 87.2 Å². The Morgan fingerprint density at radius 2 is 1.57 bits per heavy atom. The largest absolute Gasteiger partial charge is 0.498 e. The fourth-order valence-corrected chi connectivity index (χ4v) is 2.94. The van der Waals surface area contributed by atoms with Crippen molar-refractivity contribution in [3.05, 3.63) is 12.3 Å². The first-order chi connectivity index (χ1) is 6.58. The molecule has 4 heteroatoms. The summed E-state index contributed by atoms with van der Waals surface area (Å²) in [6, 6.07) is 0. The number of ether oxygens (including phenoxy) is 1. The van der Waals surface area contributed by atoms with Gasteiger partial charge in [0.2, 0.25) is 0 Å². The lowest BCUT2D eigenvalue weighted by atomic mass is 10.6. The molecular weight excluding hydrogens is 199 g/mol. The zero-order valence-corrected chi connectivity index (χ0v) is 10.3. The Hall–Kier alpha value is -0.240. The standard InChI is InChI=1S/C10H21O3P/c1-6-11-10(4)9-14(5,12-7-2)13-8-3/h4-9H2,1-3H3. The molecule has 14 heavy (non-hydrogen) atoms. The van der Waals surface area contributed by atoms with E-state index >= 15 is 0 Å². The normalized spacial score (nSPS) is 11.4. The molecule has 0 aromatic carbocycles. The first-order valence-corrected chi connectivity index (χ1v) is 6.89. The number of hydrogen-bond acceptors (Lipinski definition) is 3. The van der Waals surface area contributed by atoms with E-state index in [0.29, 0.717) is 31.7 Å². The first kappa shape index (κ1) is 13.8. The smallest absolute Gasteiger partial charge is 0.124 e. The lowest BCUT2D eigenvalue weighted by molar-refractivity contribution is 0.222. The maximum absolute atomic E-state index is 5.52. The lowest BCUT2D eigenvalue weighted by Gasteiger charge is -2.24. The number of rotatable bonds is 8. The summed E-state index contributed by atoms with van der Waals surface area (Å²) in [6.07, 6.45) is 4.57. The molecule has 0 aromatic rings. The average molecular weight is 220 g/mol. The van der Waals surface area contributed by atoms with Crippen molar-refractivity contribution in [3.63, 3.8) is 0 Å². The van der Waals surface area contributed by atoms with E-state index in [9.17, 15) is 0 Å². The molecule has 0 fully saturated rings. The zero-order chi connectivity index (χ0) is 11.0. The van der Waals surface area contributed by atoms with Gasteiger partial charge >= 0.3 is 0 Å². The molecule has 0 saturated heterocycles. The first-order valence-electron chi connectivity index (χ1n) is 4.90. The summed E-state index contributed by atoms with van der Waals surface area (Å²) < 4.78 is 16.3. The molecule has 0 radical (unpaired) electrons. The van der Waals surface area contributed by atoms with Gasteiger partial charge in [-0.3, -0.25) is 0 Å². The van der Waals surface area contributed by atoms with Crippen molar-refractivity contribution in [2.24, 2.45) is 0 Å². The summed E-state index contributed by atoms with van der Waals surface area (Å²) in [7, 11) is -2.03. The molecule has 0 aliphatic carbocycles. The monoisotopic (exact) mass is 220 g/mol. The van der Waals surface area contributed by atoms with E-state index in [-0.39, 0.29) is 0 Å². The second kappa shape index (κ2) is 7.10. The fourth-order valence-electron chi connectivity index (χ4n) is 1.12. The van der Waals surface area contributed by atoms with Crippen LogP contribution in [0.3, 0.4) is 0 Å². The van der Waals surface area contributed by atoms with Crippen LogP contribution in [-0.4, -0.2) is 32.3 Å². The summed E-state index contributed by atoms with van der Waals surface area (Å²) in [6.45, 7) is 11.4. The van der Waals surface area contributed by atoms with Crippen molar-refractivity contribution in [2.75, 3.05) is 26.0 Å². The van der Waals surface area contributed by atoms with Gasteiger partial charge in [0.05, 0.1) is 31.7 Å². The van der Waals surface area contributed by atoms with Gasteiger partial charge in [-0.2, -0.15) is 0 Å². The van der Waals surface area contributed by atoms with Gasteiger partial charge in [-0.1, -0.05) is 12.9 Å². The van der Waals surface area contributed by atoms with Crippen molar-refractivity contribution >= 4 is 13.6 Å². The molecule has 0 aliphatic rings. The van der Waals surface area contributed by atoms with Crippen molar-refractivity contribution < 1.29 is 13.8 Å². The van der Waals surface area contributed by atoms with Crippen molar-refractivity contribution in [3.8, 4) is 0 Å². The molecule has 0 aliphatic heterocycles. The molecule has 0 rings (SSSR count). The van der Waals surface area contributed by atoms with Gasteiger partial charge in [0, 0.05) is 0 Å². The predicted molar refractivity (Wildman–Crippen MR) is 62.9 cm³/mol. The van der Waals surface area contributed by atoms with E-state index < -0.39 is 7.34 Å². The third-order valence-corrected chi connectivity index (χ3v) is 3.79. The van der Waals surface area contributed by atoms with E-state index in [2.05, 4.69) is 12.9 Å². The van der Waals surface area contributed by atoms with E-state index in [1.54, 1.807) is 0 Å². The highest BCUT2D eigenvalue weighted by atomic mass is 31.2. The molecule has 0 amide bonds. The van der Waals surface area contributed by atoms with Crippen molar-refractivity contribution in [1.29, 1.82) is 0 Å². The summed E-state index contributed by atoms with van der Waals surface area (Å²) in [5.41, 5.74) is 0. The molecule has 0 N–H and O–H groups in total. The fraction of sp³-hybridized carbons (Fsp3) is 0.700. The molecule has 0 bridgehead atoms. The number of hydrogen-bond donors (Lipinski definition) is 0. The van der Waals surface area contributed by atoms with Crippen LogP contribution in [0.1, 0.15) is 20.8 Å². The molecule has 0 atom stereocenters. The van der Waals surface area contributed by atoms with Crippen LogP contribution in [0.15, 0.2) is 12.3 Å². The van der Waals surface area contributed by atoms with Gasteiger partial charge in [0.25, 0.3) is 0 Å². The Kier molecular flexibility index (Phi) is 6.98. The Morgan fingerprint density at radius 3 is 1.93 bits per heavy atom. The minimum atomic E-state index is -2.03. The van der Waals surface area contributed by atoms with Gasteiger partial charge in [-0.25, -0.2) is 0 Å².